The molecule has 0 spiro atoms. The number of hydrogen-bond acceptors (Lipinski definition) is 5. The molecule has 1 heterocycles. The maximum Gasteiger partial charge on any atom is 0.328 e. The van der Waals surface area contributed by atoms with Crippen molar-refractivity contribution in [2.75, 3.05) is 7.11 Å². The van der Waals surface area contributed by atoms with Gasteiger partial charge >= 0.3 is 5.69 Å². The minimum atomic E-state index is -4.19. The summed E-state index contributed by atoms with van der Waals surface area (Å²) in [6, 6.07) is 0. The Morgan fingerprint density at radius 3 is 2.47 bits per heavy atom. The number of nitrogens with one attached hydrogen (secondary N) is 1. The van der Waals surface area contributed by atoms with Gasteiger partial charge in [0.05, 0.1) is 5.60 Å². The number of nitrogens with zero attached hydrogens (tertiary/aromatic N) is 1. The Balaban J connectivity index is 3.17. The molecule has 0 aliphatic carbocycles. The first-order valence-electron chi connectivity index (χ1n) is 5.40. The van der Waals surface area contributed by atoms with Crippen molar-refractivity contribution in [3.8, 4) is 0 Å². The highest BCUT2D eigenvalue weighted by Gasteiger charge is 2.20. The minimum absolute atomic E-state index is 0.190. The van der Waals surface area contributed by atoms with Gasteiger partial charge in [0.2, 0.25) is 0 Å². The van der Waals surface area contributed by atoms with E-state index in [2.05, 4.69) is 0 Å². The Labute approximate surface area is 114 Å². The van der Waals surface area contributed by atoms with Crippen LogP contribution in [0.3, 0.4) is 0 Å². The quantitative estimate of drug-likeness (QED) is 0.788. The molecule has 0 unspecified atom stereocenters. The molecule has 0 aliphatic rings. The van der Waals surface area contributed by atoms with Crippen LogP contribution < -0.4 is 11.2 Å². The van der Waals surface area contributed by atoms with Gasteiger partial charge in [0.1, 0.15) is 0 Å². The SMILES string of the molecule is COC(C)(C)CCn1cc(S(=O)(=O)Cl)c(=O)[nH]c1=O. The summed E-state index contributed by atoms with van der Waals surface area (Å²) in [6.07, 6.45) is 1.40. The second kappa shape index (κ2) is 5.48. The van der Waals surface area contributed by atoms with Crippen LogP contribution in [0.15, 0.2) is 20.7 Å². The minimum Gasteiger partial charge on any atom is -0.379 e. The number of methoxy groups -OCH3 is 1. The smallest absolute Gasteiger partial charge is 0.328 e. The number of H-pyrrole nitrogens is 1. The summed E-state index contributed by atoms with van der Waals surface area (Å²) >= 11 is 0. The van der Waals surface area contributed by atoms with Crippen LogP contribution in [0.5, 0.6) is 0 Å². The van der Waals surface area contributed by atoms with Crippen molar-refractivity contribution >= 4 is 19.7 Å². The van der Waals surface area contributed by atoms with Crippen molar-refractivity contribution in [1.82, 2.24) is 9.55 Å². The summed E-state index contributed by atoms with van der Waals surface area (Å²) in [5.74, 6) is 0. The molecule has 0 atom stereocenters. The molecule has 0 amide bonds. The first-order chi connectivity index (χ1) is 8.57. The average Bonchev–Trinajstić information content (AvgIpc) is 2.26. The van der Waals surface area contributed by atoms with Gasteiger partial charge in [-0.2, -0.15) is 0 Å². The first kappa shape index (κ1) is 15.9. The summed E-state index contributed by atoms with van der Waals surface area (Å²) in [5, 5.41) is 0. The lowest BCUT2D eigenvalue weighted by molar-refractivity contribution is 0.0117. The van der Waals surface area contributed by atoms with E-state index in [-0.39, 0.29) is 6.54 Å². The standard InChI is InChI=1S/C10H15ClN2O5S/c1-10(2,18-3)4-5-13-6-7(19(11,16)17)8(14)12-9(13)15/h6H,4-5H2,1-3H3,(H,12,14,15). The van der Waals surface area contributed by atoms with E-state index in [1.54, 1.807) is 0 Å². The van der Waals surface area contributed by atoms with Crippen molar-refractivity contribution in [1.29, 1.82) is 0 Å². The lowest BCUT2D eigenvalue weighted by Gasteiger charge is -2.22. The lowest BCUT2D eigenvalue weighted by Crippen LogP contribution is -2.34. The maximum atomic E-state index is 11.6. The average molecular weight is 311 g/mol. The fourth-order valence-electron chi connectivity index (χ4n) is 1.32. The van der Waals surface area contributed by atoms with Crippen LogP contribution in [0.4, 0.5) is 0 Å². The van der Waals surface area contributed by atoms with Crippen molar-refractivity contribution in [2.24, 2.45) is 0 Å². The van der Waals surface area contributed by atoms with Crippen molar-refractivity contribution in [3.63, 3.8) is 0 Å². The third-order valence-electron chi connectivity index (χ3n) is 2.75. The predicted molar refractivity (Wildman–Crippen MR) is 70.1 cm³/mol. The van der Waals surface area contributed by atoms with E-state index in [1.807, 2.05) is 18.8 Å². The highest BCUT2D eigenvalue weighted by Crippen LogP contribution is 2.14. The van der Waals surface area contributed by atoms with Crippen LogP contribution in [0.2, 0.25) is 0 Å². The third-order valence-corrected chi connectivity index (χ3v) is 4.06. The summed E-state index contributed by atoms with van der Waals surface area (Å²) < 4.78 is 28.6. The fraction of sp³-hybridized carbons (Fsp3) is 0.600. The van der Waals surface area contributed by atoms with Gasteiger partial charge in [-0.05, 0) is 20.3 Å². The van der Waals surface area contributed by atoms with Gasteiger partial charge in [-0.25, -0.2) is 13.2 Å². The second-order valence-electron chi connectivity index (χ2n) is 4.60. The van der Waals surface area contributed by atoms with Crippen LogP contribution in [0.1, 0.15) is 20.3 Å². The number of rotatable bonds is 5. The van der Waals surface area contributed by atoms with E-state index in [0.717, 1.165) is 10.8 Å². The molecular weight excluding hydrogens is 296 g/mol. The number of ether oxygens (including phenoxy) is 1. The topological polar surface area (TPSA) is 98.2 Å². The molecule has 0 aromatic carbocycles. The first-order valence-corrected chi connectivity index (χ1v) is 7.71. The Morgan fingerprint density at radius 1 is 1.42 bits per heavy atom. The molecule has 7 nitrogen and oxygen atoms in total. The molecule has 1 N–H and O–H groups in total. The van der Waals surface area contributed by atoms with Crippen LogP contribution in [-0.4, -0.2) is 30.7 Å². The fourth-order valence-corrected chi connectivity index (χ4v) is 2.18. The highest BCUT2D eigenvalue weighted by molar-refractivity contribution is 8.13. The van der Waals surface area contributed by atoms with Gasteiger partial charge in [0, 0.05) is 30.5 Å². The zero-order valence-corrected chi connectivity index (χ0v) is 12.3. The lowest BCUT2D eigenvalue weighted by atomic mass is 10.1. The molecule has 108 valence electrons. The molecule has 0 fully saturated rings. The molecular formula is C10H15ClN2O5S. The normalized spacial score (nSPS) is 12.6. The molecule has 0 bridgehead atoms. The van der Waals surface area contributed by atoms with Gasteiger partial charge in [-0.15, -0.1) is 0 Å². The molecule has 19 heavy (non-hydrogen) atoms. The molecule has 0 radical (unpaired) electrons. The molecule has 1 aromatic rings. The molecule has 0 aliphatic heterocycles. The van der Waals surface area contributed by atoms with Crippen LogP contribution in [0, 0.1) is 0 Å². The predicted octanol–water partition coefficient (Wildman–Crippen LogP) is 0.279. The number of hydrogen-bond donors (Lipinski definition) is 1. The van der Waals surface area contributed by atoms with E-state index in [4.69, 9.17) is 15.4 Å². The van der Waals surface area contributed by atoms with Crippen molar-refractivity contribution in [2.45, 2.75) is 37.3 Å². The van der Waals surface area contributed by atoms with Crippen molar-refractivity contribution < 1.29 is 13.2 Å². The van der Waals surface area contributed by atoms with E-state index in [0.29, 0.717) is 6.42 Å². The number of aromatic amines is 1. The summed E-state index contributed by atoms with van der Waals surface area (Å²) in [7, 11) is 2.46. The number of aromatic nitrogens is 2. The zero-order valence-electron chi connectivity index (χ0n) is 10.8. The van der Waals surface area contributed by atoms with Crippen LogP contribution in [0.25, 0.3) is 0 Å². The molecule has 1 aromatic heterocycles. The Bertz CT molecular complexity index is 674. The monoisotopic (exact) mass is 310 g/mol. The summed E-state index contributed by atoms with van der Waals surface area (Å²) in [5.41, 5.74) is -2.20. The Kier molecular flexibility index (Phi) is 4.59. The van der Waals surface area contributed by atoms with E-state index >= 15 is 0 Å². The highest BCUT2D eigenvalue weighted by atomic mass is 35.7. The summed E-state index contributed by atoms with van der Waals surface area (Å²) in [4.78, 5) is 24.2. The molecule has 0 saturated heterocycles. The molecule has 0 saturated carbocycles. The number of halogens is 1. The third kappa shape index (κ3) is 4.19. The summed E-state index contributed by atoms with van der Waals surface area (Å²) in [6.45, 7) is 3.84. The van der Waals surface area contributed by atoms with E-state index in [9.17, 15) is 18.0 Å². The van der Waals surface area contributed by atoms with Gasteiger partial charge in [-0.1, -0.05) is 0 Å². The van der Waals surface area contributed by atoms with Gasteiger partial charge < -0.3 is 4.74 Å². The van der Waals surface area contributed by atoms with Gasteiger partial charge in [-0.3, -0.25) is 14.3 Å². The largest absolute Gasteiger partial charge is 0.379 e. The van der Waals surface area contributed by atoms with E-state index < -0.39 is 30.8 Å². The number of aryl methyl sites for hydroxylation is 1. The van der Waals surface area contributed by atoms with Crippen molar-refractivity contribution in [3.05, 3.63) is 27.0 Å². The Morgan fingerprint density at radius 2 is 2.00 bits per heavy atom. The van der Waals surface area contributed by atoms with E-state index in [1.165, 1.54) is 7.11 Å². The second-order valence-corrected chi connectivity index (χ2v) is 7.13. The molecule has 9 heteroatoms. The van der Waals surface area contributed by atoms with Gasteiger partial charge in [0.15, 0.2) is 4.90 Å². The van der Waals surface area contributed by atoms with Crippen LogP contribution in [-0.2, 0) is 20.3 Å². The van der Waals surface area contributed by atoms with Gasteiger partial charge in [0.25, 0.3) is 14.6 Å². The maximum absolute atomic E-state index is 11.6. The molecule has 1 rings (SSSR count). The zero-order chi connectivity index (χ0) is 14.8. The Hall–Kier alpha value is -1.12. The van der Waals surface area contributed by atoms with Crippen LogP contribution >= 0.6 is 10.7 Å².